The summed E-state index contributed by atoms with van der Waals surface area (Å²) in [5.74, 6) is 0.814. The van der Waals surface area contributed by atoms with Gasteiger partial charge in [-0.05, 0) is 52.7 Å². The molecule has 4 aromatic rings. The number of amides is 1. The first-order valence-electron chi connectivity index (χ1n) is 13.3. The van der Waals surface area contributed by atoms with E-state index in [9.17, 15) is 9.90 Å². The lowest BCUT2D eigenvalue weighted by Crippen LogP contribution is -2.52. The molecule has 1 fully saturated rings. The van der Waals surface area contributed by atoms with E-state index < -0.39 is 5.60 Å². The van der Waals surface area contributed by atoms with Gasteiger partial charge in [0.2, 0.25) is 6.41 Å². The third-order valence-electron chi connectivity index (χ3n) is 6.46. The minimum Gasteiger partial charge on any atom is -0.432 e. The number of aryl methyl sites for hydroxylation is 3. The summed E-state index contributed by atoms with van der Waals surface area (Å²) in [7, 11) is 0. The average molecular weight is 584 g/mol. The molecule has 1 saturated heterocycles. The minimum absolute atomic E-state index is 0.198. The summed E-state index contributed by atoms with van der Waals surface area (Å²) in [6, 6.07) is 4.71. The van der Waals surface area contributed by atoms with Crippen molar-refractivity contribution in [3.05, 3.63) is 51.9 Å². The van der Waals surface area contributed by atoms with Crippen molar-refractivity contribution in [1.29, 1.82) is 0 Å². The normalized spacial score (nSPS) is 15.5. The largest absolute Gasteiger partial charge is 0.432 e. The van der Waals surface area contributed by atoms with E-state index in [-0.39, 0.29) is 6.04 Å². The number of oxazole rings is 1. The van der Waals surface area contributed by atoms with Crippen molar-refractivity contribution in [2.24, 2.45) is 0 Å². The van der Waals surface area contributed by atoms with Crippen molar-refractivity contribution >= 4 is 46.0 Å². The van der Waals surface area contributed by atoms with E-state index in [1.807, 2.05) is 48.9 Å². The van der Waals surface area contributed by atoms with Gasteiger partial charge in [0.05, 0.1) is 21.3 Å². The van der Waals surface area contributed by atoms with Gasteiger partial charge in [0.25, 0.3) is 6.01 Å². The number of rotatable bonds is 8. The smallest absolute Gasteiger partial charge is 0.297 e. The molecule has 10 nitrogen and oxygen atoms in total. The van der Waals surface area contributed by atoms with Crippen molar-refractivity contribution < 1.29 is 14.3 Å². The number of aromatic nitrogens is 4. The molecule has 0 radical (unpaired) electrons. The Labute approximate surface area is 243 Å². The lowest BCUT2D eigenvalue weighted by Gasteiger charge is -2.38. The van der Waals surface area contributed by atoms with Crippen molar-refractivity contribution in [1.82, 2.24) is 24.8 Å². The predicted molar refractivity (Wildman–Crippen MR) is 160 cm³/mol. The van der Waals surface area contributed by atoms with Crippen LogP contribution < -0.4 is 10.2 Å². The van der Waals surface area contributed by atoms with E-state index >= 15 is 0 Å². The number of hydrogen-bond donors (Lipinski definition) is 2. The standard InChI is InChI=1S/C14H14N4S2.C14H23N3O3/c1-8-4-5-12(15-6-8)18-14-17-11(7-19-14)13-9(2)16-10(3)20-13;1-4-5-11-8-16(6-7-17(11)10-18)13-15-12(9-20-13)14(2,3)19/h4-7H,1-3H3,(H,15,17,18);9-11,19H,4-8H2,1-3H3/t;11-/m.0/s1. The molecule has 0 saturated carbocycles. The van der Waals surface area contributed by atoms with Gasteiger partial charge in [0, 0.05) is 37.3 Å². The first kappa shape index (κ1) is 29.6. The second kappa shape index (κ2) is 12.9. The summed E-state index contributed by atoms with van der Waals surface area (Å²) in [4.78, 5) is 33.8. The van der Waals surface area contributed by atoms with E-state index in [1.165, 1.54) is 6.26 Å². The molecule has 0 spiro atoms. The number of anilines is 3. The average Bonchev–Trinajstić information content (AvgIpc) is 3.66. The number of carbonyl (C=O) groups is 1. The second-order valence-corrected chi connectivity index (χ2v) is 12.4. The molecule has 1 aliphatic rings. The van der Waals surface area contributed by atoms with Crippen molar-refractivity contribution in [3.8, 4) is 10.6 Å². The molecule has 214 valence electrons. The van der Waals surface area contributed by atoms with Crippen LogP contribution in [-0.2, 0) is 10.4 Å². The van der Waals surface area contributed by atoms with Crippen LogP contribution in [0.2, 0.25) is 0 Å². The van der Waals surface area contributed by atoms with Crippen LogP contribution in [0.15, 0.2) is 34.4 Å². The lowest BCUT2D eigenvalue weighted by molar-refractivity contribution is -0.120. The van der Waals surface area contributed by atoms with Gasteiger partial charge < -0.3 is 24.6 Å². The van der Waals surface area contributed by atoms with Crippen LogP contribution in [-0.4, -0.2) is 62.0 Å². The first-order valence-corrected chi connectivity index (χ1v) is 15.0. The highest BCUT2D eigenvalue weighted by molar-refractivity contribution is 7.16. The van der Waals surface area contributed by atoms with Crippen LogP contribution in [0.25, 0.3) is 10.6 Å². The Hall–Kier alpha value is -3.35. The van der Waals surface area contributed by atoms with Crippen LogP contribution in [0.1, 0.15) is 55.6 Å². The highest BCUT2D eigenvalue weighted by Crippen LogP contribution is 2.32. The Bertz CT molecular complexity index is 1390. The maximum absolute atomic E-state index is 11.1. The maximum Gasteiger partial charge on any atom is 0.297 e. The number of pyridine rings is 1. The fourth-order valence-corrected chi connectivity index (χ4v) is 5.98. The monoisotopic (exact) mass is 583 g/mol. The van der Waals surface area contributed by atoms with E-state index in [4.69, 9.17) is 4.42 Å². The summed E-state index contributed by atoms with van der Waals surface area (Å²) in [6.45, 7) is 13.6. The molecule has 1 aliphatic heterocycles. The van der Waals surface area contributed by atoms with Gasteiger partial charge in [-0.3, -0.25) is 4.79 Å². The molecule has 0 aliphatic carbocycles. The number of carbonyl (C=O) groups excluding carboxylic acids is 1. The van der Waals surface area contributed by atoms with Crippen LogP contribution in [0.3, 0.4) is 0 Å². The molecule has 2 N–H and O–H groups in total. The molecule has 1 amide bonds. The third-order valence-corrected chi connectivity index (χ3v) is 8.31. The summed E-state index contributed by atoms with van der Waals surface area (Å²) in [6.07, 6.45) is 6.26. The van der Waals surface area contributed by atoms with Gasteiger partial charge in [-0.25, -0.2) is 15.0 Å². The molecule has 5 heterocycles. The third kappa shape index (κ3) is 7.43. The van der Waals surface area contributed by atoms with Crippen LogP contribution in [0.5, 0.6) is 0 Å². The Morgan fingerprint density at radius 3 is 2.60 bits per heavy atom. The second-order valence-electron chi connectivity index (χ2n) is 10.3. The predicted octanol–water partition coefficient (Wildman–Crippen LogP) is 5.68. The molecular formula is C28H37N7O3S2. The summed E-state index contributed by atoms with van der Waals surface area (Å²) >= 11 is 3.26. The molecule has 5 rings (SSSR count). The molecule has 1 atom stereocenters. The molecule has 40 heavy (non-hydrogen) atoms. The number of nitrogens with one attached hydrogen (secondary N) is 1. The minimum atomic E-state index is -1.00. The number of piperazine rings is 1. The van der Waals surface area contributed by atoms with Crippen molar-refractivity contribution in [2.45, 2.75) is 66.0 Å². The zero-order valence-electron chi connectivity index (χ0n) is 23.8. The lowest BCUT2D eigenvalue weighted by atomic mass is 10.1. The molecule has 0 aromatic carbocycles. The summed E-state index contributed by atoms with van der Waals surface area (Å²) in [5, 5.41) is 17.1. The van der Waals surface area contributed by atoms with E-state index in [0.717, 1.165) is 63.6 Å². The van der Waals surface area contributed by atoms with Crippen LogP contribution in [0, 0.1) is 20.8 Å². The Balaban J connectivity index is 0.000000185. The molecule has 12 heteroatoms. The van der Waals surface area contributed by atoms with Crippen LogP contribution >= 0.6 is 22.7 Å². The van der Waals surface area contributed by atoms with Gasteiger partial charge in [-0.1, -0.05) is 19.4 Å². The molecule has 0 bridgehead atoms. The fourth-order valence-electron chi connectivity index (χ4n) is 4.32. The molecule has 0 unspecified atom stereocenters. The molecular weight excluding hydrogens is 546 g/mol. The van der Waals surface area contributed by atoms with Crippen molar-refractivity contribution in [3.63, 3.8) is 0 Å². The highest BCUT2D eigenvalue weighted by Gasteiger charge is 2.29. The zero-order chi connectivity index (χ0) is 28.9. The Morgan fingerprint density at radius 2 is 2.00 bits per heavy atom. The first-order chi connectivity index (χ1) is 19.1. The SMILES string of the molecule is CCC[C@H]1CN(c2nc(C(C)(C)O)co2)CCN1C=O.Cc1ccc(Nc2nc(-c3sc(C)nc3C)cs2)nc1. The topological polar surface area (TPSA) is 121 Å². The van der Waals surface area contributed by atoms with Crippen molar-refractivity contribution in [2.75, 3.05) is 29.9 Å². The van der Waals surface area contributed by atoms with E-state index in [0.29, 0.717) is 24.8 Å². The Morgan fingerprint density at radius 1 is 1.20 bits per heavy atom. The molecule has 4 aromatic heterocycles. The summed E-state index contributed by atoms with van der Waals surface area (Å²) < 4.78 is 5.47. The highest BCUT2D eigenvalue weighted by atomic mass is 32.1. The summed E-state index contributed by atoms with van der Waals surface area (Å²) in [5.41, 5.74) is 2.68. The quantitative estimate of drug-likeness (QED) is 0.252. The Kier molecular flexibility index (Phi) is 9.54. The van der Waals surface area contributed by atoms with Gasteiger partial charge in [0.15, 0.2) is 5.13 Å². The number of hydrogen-bond acceptors (Lipinski definition) is 11. The number of thiazole rings is 2. The van der Waals surface area contributed by atoms with E-state index in [2.05, 4.69) is 37.6 Å². The fraction of sp³-hybridized carbons (Fsp3) is 0.464. The van der Waals surface area contributed by atoms with Gasteiger partial charge in [0.1, 0.15) is 23.4 Å². The van der Waals surface area contributed by atoms with Gasteiger partial charge in [-0.2, -0.15) is 4.98 Å². The zero-order valence-corrected chi connectivity index (χ0v) is 25.5. The van der Waals surface area contributed by atoms with Gasteiger partial charge >= 0.3 is 0 Å². The maximum atomic E-state index is 11.1. The van der Waals surface area contributed by atoms with Gasteiger partial charge in [-0.15, -0.1) is 22.7 Å². The van der Waals surface area contributed by atoms with Crippen LogP contribution in [0.4, 0.5) is 17.0 Å². The number of nitrogens with zero attached hydrogens (tertiary/aromatic N) is 6. The van der Waals surface area contributed by atoms with E-state index in [1.54, 1.807) is 36.5 Å². The number of aliphatic hydroxyl groups is 1.